The molecule has 7 nitrogen and oxygen atoms in total. The summed E-state index contributed by atoms with van der Waals surface area (Å²) in [4.78, 5) is 2.27. The zero-order valence-electron chi connectivity index (χ0n) is 14.2. The molecule has 1 aromatic heterocycles. The normalized spacial score (nSPS) is 19.0. The Kier molecular flexibility index (Phi) is 5.26. The third kappa shape index (κ3) is 4.10. The first kappa shape index (κ1) is 18.1. The summed E-state index contributed by atoms with van der Waals surface area (Å²) in [7, 11) is -1.77. The number of benzene rings is 1. The second-order valence-electron chi connectivity index (χ2n) is 6.30. The molecule has 0 aliphatic carbocycles. The van der Waals surface area contributed by atoms with Crippen LogP contribution < -0.4 is 4.74 Å². The fourth-order valence-corrected chi connectivity index (χ4v) is 4.93. The van der Waals surface area contributed by atoms with Gasteiger partial charge in [-0.1, -0.05) is 10.6 Å². The van der Waals surface area contributed by atoms with Gasteiger partial charge in [0.1, 0.15) is 0 Å². The highest BCUT2D eigenvalue weighted by Crippen LogP contribution is 2.33. The lowest BCUT2D eigenvalue weighted by molar-refractivity contribution is 0.197. The van der Waals surface area contributed by atoms with E-state index >= 15 is 0 Å². The standard InChI is InChI=1S/C16H21N3O4S2/c1-23-14-8-11(5-6-13(14)20)9-19-7-3-4-12(10-19)15-16(24-18-17-15)25(2,21)22/h5-6,8,12,20H,3-4,7,9-10H2,1-2H3/t12-/m1/s1. The summed E-state index contributed by atoms with van der Waals surface area (Å²) in [6.45, 7) is 2.38. The van der Waals surface area contributed by atoms with Gasteiger partial charge < -0.3 is 9.84 Å². The van der Waals surface area contributed by atoms with Gasteiger partial charge in [-0.3, -0.25) is 4.90 Å². The van der Waals surface area contributed by atoms with E-state index in [0.29, 0.717) is 18.0 Å². The van der Waals surface area contributed by atoms with E-state index in [1.54, 1.807) is 6.07 Å². The van der Waals surface area contributed by atoms with Gasteiger partial charge in [-0.25, -0.2) is 8.42 Å². The van der Waals surface area contributed by atoms with E-state index in [2.05, 4.69) is 14.5 Å². The van der Waals surface area contributed by atoms with Crippen molar-refractivity contribution < 1.29 is 18.3 Å². The van der Waals surface area contributed by atoms with E-state index in [9.17, 15) is 13.5 Å². The predicted molar refractivity (Wildman–Crippen MR) is 94.9 cm³/mol. The van der Waals surface area contributed by atoms with E-state index in [1.165, 1.54) is 13.4 Å². The van der Waals surface area contributed by atoms with Gasteiger partial charge in [-0.15, -0.1) is 5.10 Å². The first-order valence-corrected chi connectivity index (χ1v) is 10.7. The summed E-state index contributed by atoms with van der Waals surface area (Å²) in [5.74, 6) is 0.638. The number of methoxy groups -OCH3 is 1. The van der Waals surface area contributed by atoms with Gasteiger partial charge in [-0.05, 0) is 37.1 Å². The topological polar surface area (TPSA) is 92.6 Å². The molecule has 0 radical (unpaired) electrons. The Hall–Kier alpha value is -1.71. The van der Waals surface area contributed by atoms with E-state index in [-0.39, 0.29) is 15.9 Å². The molecule has 1 aliphatic rings. The Morgan fingerprint density at radius 1 is 1.44 bits per heavy atom. The molecule has 2 heterocycles. The monoisotopic (exact) mass is 383 g/mol. The van der Waals surface area contributed by atoms with Crippen LogP contribution in [0.2, 0.25) is 0 Å². The van der Waals surface area contributed by atoms with Crippen LogP contribution in [0.1, 0.15) is 30.0 Å². The van der Waals surface area contributed by atoms with E-state index < -0.39 is 9.84 Å². The lowest BCUT2D eigenvalue weighted by atomic mass is 9.95. The molecule has 0 saturated carbocycles. The molecule has 1 fully saturated rings. The maximum absolute atomic E-state index is 11.9. The number of rotatable bonds is 5. The van der Waals surface area contributed by atoms with Gasteiger partial charge in [0.25, 0.3) is 0 Å². The van der Waals surface area contributed by atoms with Crippen LogP contribution in [0.4, 0.5) is 0 Å². The number of hydrogen-bond acceptors (Lipinski definition) is 8. The van der Waals surface area contributed by atoms with Crippen molar-refractivity contribution >= 4 is 21.4 Å². The molecule has 136 valence electrons. The summed E-state index contributed by atoms with van der Waals surface area (Å²) >= 11 is 0.950. The highest BCUT2D eigenvalue weighted by molar-refractivity contribution is 7.92. The zero-order chi connectivity index (χ0) is 18.0. The van der Waals surface area contributed by atoms with Crippen molar-refractivity contribution in [3.63, 3.8) is 0 Å². The third-order valence-corrected chi connectivity index (χ3v) is 6.91. The van der Waals surface area contributed by atoms with Crippen molar-refractivity contribution in [1.82, 2.24) is 14.5 Å². The number of ether oxygens (including phenoxy) is 1. The molecule has 1 N–H and O–H groups in total. The molecule has 0 spiro atoms. The number of phenols is 1. The molecule has 3 rings (SSSR count). The summed E-state index contributed by atoms with van der Waals surface area (Å²) in [5.41, 5.74) is 1.63. The Morgan fingerprint density at radius 3 is 2.96 bits per heavy atom. The molecule has 1 aliphatic heterocycles. The van der Waals surface area contributed by atoms with Crippen LogP contribution in [0, 0.1) is 0 Å². The first-order valence-electron chi connectivity index (χ1n) is 7.99. The molecule has 25 heavy (non-hydrogen) atoms. The minimum atomic E-state index is -3.30. The number of likely N-dealkylation sites (tertiary alicyclic amines) is 1. The molecule has 1 saturated heterocycles. The molecule has 1 aromatic carbocycles. The van der Waals surface area contributed by atoms with Crippen LogP contribution >= 0.6 is 11.5 Å². The Bertz CT molecular complexity index is 851. The first-order chi connectivity index (χ1) is 11.9. The molecule has 0 unspecified atom stereocenters. The lowest BCUT2D eigenvalue weighted by Crippen LogP contribution is -2.34. The largest absolute Gasteiger partial charge is 0.504 e. The van der Waals surface area contributed by atoms with Crippen LogP contribution in [-0.4, -0.2) is 54.5 Å². The van der Waals surface area contributed by atoms with Crippen molar-refractivity contribution in [2.75, 3.05) is 26.5 Å². The summed E-state index contributed by atoms with van der Waals surface area (Å²) in [6.07, 6.45) is 3.08. The number of piperidine rings is 1. The van der Waals surface area contributed by atoms with Crippen LogP contribution in [0.3, 0.4) is 0 Å². The maximum Gasteiger partial charge on any atom is 0.188 e. The van der Waals surface area contributed by atoms with Crippen molar-refractivity contribution in [3.8, 4) is 11.5 Å². The number of hydrogen-bond donors (Lipinski definition) is 1. The summed E-state index contributed by atoms with van der Waals surface area (Å²) < 4.78 is 33.1. The van der Waals surface area contributed by atoms with E-state index in [4.69, 9.17) is 4.74 Å². The van der Waals surface area contributed by atoms with Gasteiger partial charge in [-0.2, -0.15) is 0 Å². The average molecular weight is 383 g/mol. The van der Waals surface area contributed by atoms with Gasteiger partial charge in [0.15, 0.2) is 25.5 Å². The fourth-order valence-electron chi connectivity index (χ4n) is 3.20. The van der Waals surface area contributed by atoms with Crippen molar-refractivity contribution in [3.05, 3.63) is 29.5 Å². The van der Waals surface area contributed by atoms with Crippen LogP contribution in [-0.2, 0) is 16.4 Å². The molecule has 2 aromatic rings. The fraction of sp³-hybridized carbons (Fsp3) is 0.500. The van der Waals surface area contributed by atoms with Gasteiger partial charge in [0.05, 0.1) is 12.8 Å². The summed E-state index contributed by atoms with van der Waals surface area (Å²) in [6, 6.07) is 5.32. The Balaban J connectivity index is 1.75. The summed E-state index contributed by atoms with van der Waals surface area (Å²) in [5, 5.41) is 13.8. The molecule has 0 amide bonds. The maximum atomic E-state index is 11.9. The second-order valence-corrected chi connectivity index (χ2v) is 9.26. The minimum Gasteiger partial charge on any atom is -0.504 e. The number of aromatic hydroxyl groups is 1. The van der Waals surface area contributed by atoms with Gasteiger partial charge in [0.2, 0.25) is 0 Å². The smallest absolute Gasteiger partial charge is 0.188 e. The molecular formula is C16H21N3O4S2. The molecule has 9 heteroatoms. The third-order valence-electron chi connectivity index (χ3n) is 4.36. The minimum absolute atomic E-state index is 0.0660. The van der Waals surface area contributed by atoms with Crippen molar-refractivity contribution in [2.24, 2.45) is 0 Å². The average Bonchev–Trinajstić information content (AvgIpc) is 3.07. The van der Waals surface area contributed by atoms with E-state index in [1.807, 2.05) is 12.1 Å². The molecule has 0 bridgehead atoms. The van der Waals surface area contributed by atoms with E-state index in [0.717, 1.165) is 43.0 Å². The molecular weight excluding hydrogens is 362 g/mol. The number of nitrogens with zero attached hydrogens (tertiary/aromatic N) is 3. The van der Waals surface area contributed by atoms with Crippen LogP contribution in [0.15, 0.2) is 22.4 Å². The zero-order valence-corrected chi connectivity index (χ0v) is 15.8. The highest BCUT2D eigenvalue weighted by Gasteiger charge is 2.29. The van der Waals surface area contributed by atoms with Gasteiger partial charge >= 0.3 is 0 Å². The lowest BCUT2D eigenvalue weighted by Gasteiger charge is -2.32. The number of phenolic OH excluding ortho intramolecular Hbond substituents is 1. The Labute approximate surface area is 151 Å². The molecule has 1 atom stereocenters. The highest BCUT2D eigenvalue weighted by atomic mass is 32.2. The number of sulfone groups is 1. The van der Waals surface area contributed by atoms with Gasteiger partial charge in [0, 0.05) is 36.8 Å². The van der Waals surface area contributed by atoms with Crippen molar-refractivity contribution in [1.29, 1.82) is 0 Å². The number of aromatic nitrogens is 2. The SMILES string of the molecule is COc1cc(CN2CCC[C@@H](c3nnsc3S(C)(=O)=O)C2)ccc1O. The van der Waals surface area contributed by atoms with Crippen LogP contribution in [0.5, 0.6) is 11.5 Å². The quantitative estimate of drug-likeness (QED) is 0.844. The van der Waals surface area contributed by atoms with Crippen LogP contribution in [0.25, 0.3) is 0 Å². The Morgan fingerprint density at radius 2 is 2.24 bits per heavy atom. The predicted octanol–water partition coefficient (Wildman–Crippen LogP) is 2.04. The second kappa shape index (κ2) is 7.27. The van der Waals surface area contributed by atoms with Crippen molar-refractivity contribution in [2.45, 2.75) is 29.5 Å².